The third kappa shape index (κ3) is 10.5. The molecule has 3 rings (SSSR count). The molecule has 1 aliphatic heterocycles. The van der Waals surface area contributed by atoms with Gasteiger partial charge in [0.15, 0.2) is 17.2 Å². The fourth-order valence-electron chi connectivity index (χ4n) is 1.71. The molecule has 4 N–H and O–H groups in total. The van der Waals surface area contributed by atoms with Crippen molar-refractivity contribution in [2.75, 3.05) is 11.1 Å². The zero-order valence-electron chi connectivity index (χ0n) is 16.4. The van der Waals surface area contributed by atoms with Gasteiger partial charge in [0, 0.05) is 6.42 Å². The van der Waals surface area contributed by atoms with Gasteiger partial charge in [0.05, 0.1) is 44.0 Å². The van der Waals surface area contributed by atoms with Crippen molar-refractivity contribution in [2.24, 2.45) is 0 Å². The third-order valence-electron chi connectivity index (χ3n) is 3.15. The summed E-state index contributed by atoms with van der Waals surface area (Å²) >= 11 is 0. The lowest BCUT2D eigenvalue weighted by Gasteiger charge is -2.01. The van der Waals surface area contributed by atoms with Crippen molar-refractivity contribution in [3.63, 3.8) is 0 Å². The maximum atomic E-state index is 11.2. The normalized spacial score (nSPS) is 11.3. The summed E-state index contributed by atoms with van der Waals surface area (Å²) in [7, 11) is 0. The number of nitrogen functional groups attached to an aromatic ring is 1. The smallest absolute Gasteiger partial charge is 0.314 e. The Labute approximate surface area is 180 Å². The standard InChI is InChI=1S/C9H8N4O3.C5H4N4.C4H4O3/c10-3-6-4-12-7(5-11-6)13-8(14)1-2-9(15)16;6-1-4-2-9-5(7)3-8-4;5-3-1-2-4(6)7-3/h4-5H,1-2H2,(H,15,16)(H,12,13,14);2-3H,(H2,7,9);1-2H2. The number of carboxylic acid groups (broad SMARTS) is 1. The van der Waals surface area contributed by atoms with Gasteiger partial charge < -0.3 is 20.9 Å². The maximum absolute atomic E-state index is 11.2. The Bertz CT molecular complexity index is 1030. The number of nitriles is 2. The lowest BCUT2D eigenvalue weighted by molar-refractivity contribution is -0.152. The molecule has 0 aliphatic carbocycles. The number of nitrogens with two attached hydrogens (primary N) is 1. The largest absolute Gasteiger partial charge is 0.481 e. The first-order valence-electron chi connectivity index (χ1n) is 8.68. The highest BCUT2D eigenvalue weighted by molar-refractivity contribution is 5.92. The van der Waals surface area contributed by atoms with Gasteiger partial charge in [-0.3, -0.25) is 19.2 Å². The lowest BCUT2D eigenvalue weighted by Crippen LogP contribution is -2.14. The van der Waals surface area contributed by atoms with Crippen LogP contribution < -0.4 is 11.1 Å². The number of aromatic nitrogens is 4. The SMILES string of the molecule is N#Cc1cnc(N)cn1.N#Cc1cnc(NC(=O)CCC(=O)O)cn1.O=C1CCC(=O)O1. The van der Waals surface area contributed by atoms with Gasteiger partial charge in [-0.05, 0) is 0 Å². The summed E-state index contributed by atoms with van der Waals surface area (Å²) in [5.41, 5.74) is 5.62. The van der Waals surface area contributed by atoms with Crippen LogP contribution in [0.4, 0.5) is 11.6 Å². The maximum Gasteiger partial charge on any atom is 0.314 e. The Kier molecular flexibility index (Phi) is 10.4. The number of cyclic esters (lactones) is 2. The fraction of sp³-hybridized carbons (Fsp3) is 0.222. The highest BCUT2D eigenvalue weighted by Crippen LogP contribution is 2.04. The molecule has 0 atom stereocenters. The predicted octanol–water partition coefficient (Wildman–Crippen LogP) is -0.0679. The summed E-state index contributed by atoms with van der Waals surface area (Å²) in [5, 5.41) is 27.4. The van der Waals surface area contributed by atoms with Crippen LogP contribution in [0, 0.1) is 22.7 Å². The number of rotatable bonds is 4. The second kappa shape index (κ2) is 13.3. The number of esters is 2. The molecule has 164 valence electrons. The van der Waals surface area contributed by atoms with E-state index in [9.17, 15) is 19.2 Å². The van der Waals surface area contributed by atoms with Crippen LogP contribution in [0.15, 0.2) is 24.8 Å². The van der Waals surface area contributed by atoms with E-state index in [1.807, 2.05) is 6.07 Å². The number of carboxylic acids is 1. The minimum absolute atomic E-state index is 0.128. The Balaban J connectivity index is 0.000000267. The topological polar surface area (TPSA) is 235 Å². The molecule has 1 saturated heterocycles. The summed E-state index contributed by atoms with van der Waals surface area (Å²) in [4.78, 5) is 56.1. The number of hydrogen-bond donors (Lipinski definition) is 3. The average molecular weight is 440 g/mol. The van der Waals surface area contributed by atoms with E-state index < -0.39 is 23.8 Å². The van der Waals surface area contributed by atoms with Gasteiger partial charge in [0.1, 0.15) is 18.0 Å². The minimum Gasteiger partial charge on any atom is -0.481 e. The summed E-state index contributed by atoms with van der Waals surface area (Å²) in [6, 6.07) is 3.61. The molecular weight excluding hydrogens is 424 g/mol. The number of aliphatic carboxylic acids is 1. The van der Waals surface area contributed by atoms with Crippen LogP contribution in [0.25, 0.3) is 0 Å². The first-order chi connectivity index (χ1) is 15.2. The molecule has 0 bridgehead atoms. The van der Waals surface area contributed by atoms with E-state index in [0.717, 1.165) is 0 Å². The second-order valence-electron chi connectivity index (χ2n) is 5.62. The summed E-state index contributed by atoms with van der Waals surface area (Å²) < 4.78 is 4.08. The van der Waals surface area contributed by atoms with E-state index in [4.69, 9.17) is 21.4 Å². The number of carbonyl (C=O) groups excluding carboxylic acids is 3. The Morgan fingerprint density at radius 1 is 0.969 bits per heavy atom. The van der Waals surface area contributed by atoms with Gasteiger partial charge in [-0.1, -0.05) is 0 Å². The highest BCUT2D eigenvalue weighted by atomic mass is 16.6. The van der Waals surface area contributed by atoms with Crippen LogP contribution in [0.2, 0.25) is 0 Å². The second-order valence-corrected chi connectivity index (χ2v) is 5.62. The molecule has 2 aromatic heterocycles. The molecule has 3 heterocycles. The van der Waals surface area contributed by atoms with Gasteiger partial charge in [0.2, 0.25) is 5.91 Å². The number of hydrogen-bond acceptors (Lipinski definition) is 12. The van der Waals surface area contributed by atoms with Crippen molar-refractivity contribution in [3.05, 3.63) is 36.2 Å². The van der Waals surface area contributed by atoms with Crippen molar-refractivity contribution in [1.29, 1.82) is 10.5 Å². The minimum atomic E-state index is -1.04. The van der Waals surface area contributed by atoms with Crippen molar-refractivity contribution in [3.8, 4) is 12.1 Å². The Hall–Kier alpha value is -4.98. The quantitative estimate of drug-likeness (QED) is 0.417. The van der Waals surface area contributed by atoms with E-state index in [1.165, 1.54) is 24.8 Å². The monoisotopic (exact) mass is 440 g/mol. The van der Waals surface area contributed by atoms with Gasteiger partial charge in [-0.25, -0.2) is 19.9 Å². The van der Waals surface area contributed by atoms with E-state index in [0.29, 0.717) is 5.82 Å². The van der Waals surface area contributed by atoms with Crippen LogP contribution in [0.5, 0.6) is 0 Å². The number of carbonyl (C=O) groups is 4. The molecule has 14 heteroatoms. The van der Waals surface area contributed by atoms with Gasteiger partial charge in [0.25, 0.3) is 0 Å². The van der Waals surface area contributed by atoms with Crippen molar-refractivity contribution in [2.45, 2.75) is 25.7 Å². The first-order valence-corrected chi connectivity index (χ1v) is 8.68. The molecule has 0 saturated carbocycles. The lowest BCUT2D eigenvalue weighted by atomic mass is 10.3. The highest BCUT2D eigenvalue weighted by Gasteiger charge is 2.19. The third-order valence-corrected chi connectivity index (χ3v) is 3.15. The first kappa shape index (κ1) is 25.1. The van der Waals surface area contributed by atoms with Crippen LogP contribution in [0.1, 0.15) is 37.1 Å². The molecule has 1 fully saturated rings. The Morgan fingerprint density at radius 3 is 1.91 bits per heavy atom. The molecular formula is C18H16N8O6. The van der Waals surface area contributed by atoms with Crippen LogP contribution >= 0.6 is 0 Å². The molecule has 1 aliphatic rings. The molecule has 1 amide bonds. The zero-order chi connectivity index (χ0) is 23.9. The molecule has 0 radical (unpaired) electrons. The average Bonchev–Trinajstić information content (AvgIpc) is 3.17. The van der Waals surface area contributed by atoms with Crippen LogP contribution in [-0.2, 0) is 23.9 Å². The van der Waals surface area contributed by atoms with E-state index >= 15 is 0 Å². The molecule has 14 nitrogen and oxygen atoms in total. The van der Waals surface area contributed by atoms with Crippen LogP contribution in [-0.4, -0.2) is 48.9 Å². The molecule has 0 spiro atoms. The molecule has 0 aromatic carbocycles. The van der Waals surface area contributed by atoms with E-state index in [1.54, 1.807) is 6.07 Å². The molecule has 2 aromatic rings. The zero-order valence-corrected chi connectivity index (χ0v) is 16.4. The number of ether oxygens (including phenoxy) is 1. The van der Waals surface area contributed by atoms with E-state index in [-0.39, 0.29) is 42.9 Å². The van der Waals surface area contributed by atoms with E-state index in [2.05, 4.69) is 30.0 Å². The number of anilines is 2. The molecule has 32 heavy (non-hydrogen) atoms. The van der Waals surface area contributed by atoms with Crippen molar-refractivity contribution >= 4 is 35.5 Å². The Morgan fingerprint density at radius 2 is 1.53 bits per heavy atom. The predicted molar refractivity (Wildman–Crippen MR) is 104 cm³/mol. The van der Waals surface area contributed by atoms with Gasteiger partial charge in [-0.15, -0.1) is 0 Å². The summed E-state index contributed by atoms with van der Waals surface area (Å²) in [6.07, 6.45) is 5.28. The van der Waals surface area contributed by atoms with Crippen LogP contribution in [0.3, 0.4) is 0 Å². The summed E-state index contributed by atoms with van der Waals surface area (Å²) in [6.45, 7) is 0. The van der Waals surface area contributed by atoms with Crippen molar-refractivity contribution < 1.29 is 29.0 Å². The molecule has 0 unspecified atom stereocenters. The fourth-order valence-corrected chi connectivity index (χ4v) is 1.71. The van der Waals surface area contributed by atoms with Gasteiger partial charge >= 0.3 is 17.9 Å². The summed E-state index contributed by atoms with van der Waals surface area (Å²) in [5.74, 6) is -1.78. The van der Waals surface area contributed by atoms with Crippen molar-refractivity contribution in [1.82, 2.24) is 19.9 Å². The van der Waals surface area contributed by atoms with Gasteiger partial charge in [-0.2, -0.15) is 10.5 Å². The number of nitrogens with one attached hydrogen (secondary N) is 1. The number of amides is 1. The number of nitrogens with zero attached hydrogens (tertiary/aromatic N) is 6.